The van der Waals surface area contributed by atoms with Gasteiger partial charge in [-0.15, -0.1) is 0 Å². The fourth-order valence-corrected chi connectivity index (χ4v) is 1.96. The number of hydrogen-bond donors (Lipinski definition) is 2. The summed E-state index contributed by atoms with van der Waals surface area (Å²) in [6.07, 6.45) is 0.930. The van der Waals surface area contributed by atoms with Crippen LogP contribution in [0.3, 0.4) is 0 Å². The van der Waals surface area contributed by atoms with Gasteiger partial charge in [-0.2, -0.15) is 0 Å². The SMILES string of the molecule is CC(C)[C@@H](N)C(=O)NCCCN(C)Cc1ccccc1. The summed E-state index contributed by atoms with van der Waals surface area (Å²) in [4.78, 5) is 13.9. The molecule has 0 fully saturated rings. The Morgan fingerprint density at radius 2 is 1.95 bits per heavy atom. The van der Waals surface area contributed by atoms with Crippen LogP contribution < -0.4 is 11.1 Å². The number of nitrogens with one attached hydrogen (secondary N) is 1. The Kier molecular flexibility index (Phi) is 7.26. The number of amides is 1. The van der Waals surface area contributed by atoms with Crippen LogP contribution in [0.15, 0.2) is 30.3 Å². The van der Waals surface area contributed by atoms with Crippen molar-refractivity contribution in [1.29, 1.82) is 0 Å². The van der Waals surface area contributed by atoms with E-state index in [2.05, 4.69) is 41.5 Å². The summed E-state index contributed by atoms with van der Waals surface area (Å²) in [5.41, 5.74) is 7.09. The van der Waals surface area contributed by atoms with Crippen LogP contribution in [0.5, 0.6) is 0 Å². The number of benzene rings is 1. The van der Waals surface area contributed by atoms with Crippen LogP contribution in [-0.4, -0.2) is 37.0 Å². The lowest BCUT2D eigenvalue weighted by atomic mass is 10.1. The van der Waals surface area contributed by atoms with Crippen LogP contribution in [-0.2, 0) is 11.3 Å². The molecule has 0 saturated carbocycles. The fraction of sp³-hybridized carbons (Fsp3) is 0.562. The number of carbonyl (C=O) groups is 1. The van der Waals surface area contributed by atoms with Crippen molar-refractivity contribution in [3.63, 3.8) is 0 Å². The molecule has 1 amide bonds. The topological polar surface area (TPSA) is 58.4 Å². The molecule has 1 aromatic carbocycles. The van der Waals surface area contributed by atoms with Gasteiger partial charge >= 0.3 is 0 Å². The second-order valence-corrected chi connectivity index (χ2v) is 5.64. The Morgan fingerprint density at radius 3 is 2.55 bits per heavy atom. The van der Waals surface area contributed by atoms with E-state index in [1.807, 2.05) is 19.9 Å². The summed E-state index contributed by atoms with van der Waals surface area (Å²) < 4.78 is 0. The summed E-state index contributed by atoms with van der Waals surface area (Å²) in [7, 11) is 2.09. The van der Waals surface area contributed by atoms with Crippen molar-refractivity contribution in [3.8, 4) is 0 Å². The van der Waals surface area contributed by atoms with Crippen LogP contribution in [0.25, 0.3) is 0 Å². The van der Waals surface area contributed by atoms with E-state index in [0.29, 0.717) is 6.54 Å². The zero-order chi connectivity index (χ0) is 15.0. The minimum Gasteiger partial charge on any atom is -0.355 e. The molecular formula is C16H27N3O. The predicted octanol–water partition coefficient (Wildman–Crippen LogP) is 1.61. The quantitative estimate of drug-likeness (QED) is 0.710. The van der Waals surface area contributed by atoms with Crippen molar-refractivity contribution in [2.24, 2.45) is 11.7 Å². The van der Waals surface area contributed by atoms with Crippen molar-refractivity contribution in [3.05, 3.63) is 35.9 Å². The van der Waals surface area contributed by atoms with Crippen molar-refractivity contribution in [2.75, 3.05) is 20.1 Å². The number of nitrogens with zero attached hydrogens (tertiary/aromatic N) is 1. The van der Waals surface area contributed by atoms with E-state index >= 15 is 0 Å². The zero-order valence-corrected chi connectivity index (χ0v) is 12.8. The van der Waals surface area contributed by atoms with Gasteiger partial charge in [-0.25, -0.2) is 0 Å². The molecule has 0 aliphatic heterocycles. The number of hydrogen-bond acceptors (Lipinski definition) is 3. The van der Waals surface area contributed by atoms with Gasteiger partial charge in [-0.1, -0.05) is 44.2 Å². The molecule has 0 spiro atoms. The maximum atomic E-state index is 11.7. The molecule has 1 atom stereocenters. The van der Waals surface area contributed by atoms with Crippen molar-refractivity contribution in [1.82, 2.24) is 10.2 Å². The molecule has 0 aliphatic rings. The molecule has 0 aliphatic carbocycles. The first-order valence-electron chi connectivity index (χ1n) is 7.26. The molecule has 20 heavy (non-hydrogen) atoms. The number of nitrogens with two attached hydrogens (primary N) is 1. The highest BCUT2D eigenvalue weighted by Crippen LogP contribution is 2.03. The molecular weight excluding hydrogens is 250 g/mol. The molecule has 3 N–H and O–H groups in total. The molecule has 0 radical (unpaired) electrons. The highest BCUT2D eigenvalue weighted by Gasteiger charge is 2.16. The van der Waals surface area contributed by atoms with Gasteiger partial charge in [-0.3, -0.25) is 4.79 Å². The lowest BCUT2D eigenvalue weighted by molar-refractivity contribution is -0.123. The monoisotopic (exact) mass is 277 g/mol. The van der Waals surface area contributed by atoms with Gasteiger partial charge in [0, 0.05) is 13.1 Å². The predicted molar refractivity (Wildman–Crippen MR) is 83.2 cm³/mol. The van der Waals surface area contributed by atoms with Crippen LogP contribution >= 0.6 is 0 Å². The highest BCUT2D eigenvalue weighted by molar-refractivity contribution is 5.81. The summed E-state index contributed by atoms with van der Waals surface area (Å²) in [6, 6.07) is 9.97. The van der Waals surface area contributed by atoms with Gasteiger partial charge in [0.05, 0.1) is 6.04 Å². The molecule has 112 valence electrons. The maximum Gasteiger partial charge on any atom is 0.237 e. The first-order chi connectivity index (χ1) is 9.50. The van der Waals surface area contributed by atoms with E-state index in [9.17, 15) is 4.79 Å². The fourth-order valence-electron chi connectivity index (χ4n) is 1.96. The Labute approximate surface area is 122 Å². The third-order valence-electron chi connectivity index (χ3n) is 3.33. The molecule has 0 heterocycles. The van der Waals surface area contributed by atoms with E-state index in [4.69, 9.17) is 5.73 Å². The third-order valence-corrected chi connectivity index (χ3v) is 3.33. The highest BCUT2D eigenvalue weighted by atomic mass is 16.2. The van der Waals surface area contributed by atoms with Crippen molar-refractivity contribution < 1.29 is 4.79 Å². The molecule has 1 rings (SSSR count). The average Bonchev–Trinajstić information content (AvgIpc) is 2.43. The largest absolute Gasteiger partial charge is 0.355 e. The molecule has 4 heteroatoms. The normalized spacial score (nSPS) is 12.7. The maximum absolute atomic E-state index is 11.7. The second-order valence-electron chi connectivity index (χ2n) is 5.64. The first-order valence-corrected chi connectivity index (χ1v) is 7.26. The third kappa shape index (κ3) is 6.17. The Balaban J connectivity index is 2.16. The van der Waals surface area contributed by atoms with Crippen LogP contribution in [0.1, 0.15) is 25.8 Å². The smallest absolute Gasteiger partial charge is 0.237 e. The molecule has 0 aromatic heterocycles. The average molecular weight is 277 g/mol. The van der Waals surface area contributed by atoms with Crippen molar-refractivity contribution in [2.45, 2.75) is 32.9 Å². The zero-order valence-electron chi connectivity index (χ0n) is 12.8. The van der Waals surface area contributed by atoms with Crippen LogP contribution in [0, 0.1) is 5.92 Å². The molecule has 1 aromatic rings. The van der Waals surface area contributed by atoms with Gasteiger partial charge < -0.3 is 16.0 Å². The standard InChI is InChI=1S/C16H27N3O/c1-13(2)15(17)16(20)18-10-7-11-19(3)12-14-8-5-4-6-9-14/h4-6,8-9,13,15H,7,10-12,17H2,1-3H3,(H,18,20)/t15-/m1/s1. The Bertz CT molecular complexity index is 392. The molecule has 0 bridgehead atoms. The van der Waals surface area contributed by atoms with Crippen LogP contribution in [0.4, 0.5) is 0 Å². The van der Waals surface area contributed by atoms with Gasteiger partial charge in [0.1, 0.15) is 0 Å². The summed E-state index contributed by atoms with van der Waals surface area (Å²) in [5, 5.41) is 2.89. The second kappa shape index (κ2) is 8.72. The minimum absolute atomic E-state index is 0.0503. The van der Waals surface area contributed by atoms with Gasteiger partial charge in [-0.05, 0) is 31.5 Å². The lowest BCUT2D eigenvalue weighted by Crippen LogP contribution is -2.44. The van der Waals surface area contributed by atoms with Crippen molar-refractivity contribution >= 4 is 5.91 Å². The number of carbonyl (C=O) groups excluding carboxylic acids is 1. The van der Waals surface area contributed by atoms with E-state index in [1.165, 1.54) is 5.56 Å². The van der Waals surface area contributed by atoms with E-state index < -0.39 is 6.04 Å². The van der Waals surface area contributed by atoms with Gasteiger partial charge in [0.15, 0.2) is 0 Å². The summed E-state index contributed by atoms with van der Waals surface area (Å²) in [6.45, 7) is 6.47. The van der Waals surface area contributed by atoms with Gasteiger partial charge in [0.2, 0.25) is 5.91 Å². The molecule has 0 unspecified atom stereocenters. The minimum atomic E-state index is -0.406. The van der Waals surface area contributed by atoms with E-state index in [0.717, 1.165) is 19.5 Å². The van der Waals surface area contributed by atoms with E-state index in [-0.39, 0.29) is 11.8 Å². The first kappa shape index (κ1) is 16.7. The molecule has 0 saturated heterocycles. The summed E-state index contributed by atoms with van der Waals surface area (Å²) in [5.74, 6) is 0.126. The Morgan fingerprint density at radius 1 is 1.30 bits per heavy atom. The Hall–Kier alpha value is -1.39. The van der Waals surface area contributed by atoms with Crippen LogP contribution in [0.2, 0.25) is 0 Å². The molecule has 4 nitrogen and oxygen atoms in total. The number of rotatable bonds is 8. The lowest BCUT2D eigenvalue weighted by Gasteiger charge is -2.18. The van der Waals surface area contributed by atoms with E-state index in [1.54, 1.807) is 0 Å². The summed E-state index contributed by atoms with van der Waals surface area (Å²) >= 11 is 0. The van der Waals surface area contributed by atoms with Gasteiger partial charge in [0.25, 0.3) is 0 Å².